The van der Waals surface area contributed by atoms with E-state index in [0.717, 1.165) is 11.3 Å². The molecule has 2 nitrogen and oxygen atoms in total. The number of rotatable bonds is 2. The normalized spacial score (nSPS) is 9.50. The van der Waals surface area contributed by atoms with Crippen molar-refractivity contribution in [3.63, 3.8) is 0 Å². The minimum Gasteiger partial charge on any atom is -0.389 e. The lowest BCUT2D eigenvalue weighted by molar-refractivity contribution is 1.49. The van der Waals surface area contributed by atoms with Gasteiger partial charge in [0, 0.05) is 23.3 Å². The van der Waals surface area contributed by atoms with Crippen molar-refractivity contribution >= 4 is 34.5 Å². The Morgan fingerprint density at radius 2 is 2.25 bits per heavy atom. The smallest absolute Gasteiger partial charge is 0.106 e. The van der Waals surface area contributed by atoms with Crippen LogP contribution in [-0.4, -0.2) is 12.0 Å². The van der Waals surface area contributed by atoms with E-state index >= 15 is 0 Å². The van der Waals surface area contributed by atoms with Gasteiger partial charge in [-0.3, -0.25) is 0 Å². The first-order valence-electron chi connectivity index (χ1n) is 3.42. The summed E-state index contributed by atoms with van der Waals surface area (Å²) in [7, 11) is 1.80. The van der Waals surface area contributed by atoms with Crippen LogP contribution in [0.15, 0.2) is 18.2 Å². The maximum Gasteiger partial charge on any atom is 0.106 e. The third-order valence-electron chi connectivity index (χ3n) is 1.52. The van der Waals surface area contributed by atoms with E-state index in [1.807, 2.05) is 0 Å². The van der Waals surface area contributed by atoms with Gasteiger partial charge in [-0.25, -0.2) is 0 Å². The summed E-state index contributed by atoms with van der Waals surface area (Å²) in [5, 5.41) is 3.63. The molecule has 4 heteroatoms. The van der Waals surface area contributed by atoms with E-state index in [2.05, 4.69) is 5.32 Å². The predicted molar refractivity (Wildman–Crippen MR) is 56.9 cm³/mol. The number of hydrogen-bond acceptors (Lipinski definition) is 2. The summed E-state index contributed by atoms with van der Waals surface area (Å²) in [4.78, 5) is 0.371. The Kier molecular flexibility index (Phi) is 2.89. The standard InChI is InChI=1S/C8H9ClN2S/c1-11-7-4-5(9)2-3-6(7)8(10)12/h2-4,11H,1H3,(H2,10,12). The fourth-order valence-corrected chi connectivity index (χ4v) is 1.29. The molecule has 0 aromatic heterocycles. The van der Waals surface area contributed by atoms with Crippen LogP contribution in [0, 0.1) is 0 Å². The summed E-state index contributed by atoms with van der Waals surface area (Å²) in [6, 6.07) is 5.35. The highest BCUT2D eigenvalue weighted by Crippen LogP contribution is 2.20. The zero-order valence-corrected chi connectivity index (χ0v) is 8.17. The maximum absolute atomic E-state index is 5.78. The van der Waals surface area contributed by atoms with Gasteiger partial charge in [-0.1, -0.05) is 23.8 Å². The van der Waals surface area contributed by atoms with Crippen LogP contribution in [0.2, 0.25) is 5.02 Å². The molecular formula is C8H9ClN2S. The first-order valence-corrected chi connectivity index (χ1v) is 4.21. The van der Waals surface area contributed by atoms with Crippen LogP contribution in [-0.2, 0) is 0 Å². The topological polar surface area (TPSA) is 38.0 Å². The van der Waals surface area contributed by atoms with E-state index < -0.39 is 0 Å². The highest BCUT2D eigenvalue weighted by molar-refractivity contribution is 7.80. The largest absolute Gasteiger partial charge is 0.389 e. The Balaban J connectivity index is 3.20. The maximum atomic E-state index is 5.78. The van der Waals surface area contributed by atoms with Crippen LogP contribution in [0.5, 0.6) is 0 Å². The Labute approximate surface area is 81.7 Å². The summed E-state index contributed by atoms with van der Waals surface area (Å²) in [6.45, 7) is 0. The van der Waals surface area contributed by atoms with Gasteiger partial charge < -0.3 is 11.1 Å². The van der Waals surface area contributed by atoms with Crippen LogP contribution in [0.1, 0.15) is 5.56 Å². The molecule has 0 bridgehead atoms. The molecule has 0 amide bonds. The van der Waals surface area contributed by atoms with Crippen molar-refractivity contribution in [2.24, 2.45) is 5.73 Å². The number of nitrogens with two attached hydrogens (primary N) is 1. The van der Waals surface area contributed by atoms with Crippen molar-refractivity contribution in [2.75, 3.05) is 12.4 Å². The van der Waals surface area contributed by atoms with Crippen LogP contribution in [0.25, 0.3) is 0 Å². The lowest BCUT2D eigenvalue weighted by atomic mass is 10.2. The van der Waals surface area contributed by atoms with E-state index in [1.54, 1.807) is 25.2 Å². The number of benzene rings is 1. The van der Waals surface area contributed by atoms with Gasteiger partial charge in [0.15, 0.2) is 0 Å². The van der Waals surface area contributed by atoms with Gasteiger partial charge in [0.05, 0.1) is 0 Å². The molecule has 0 saturated heterocycles. The molecule has 0 aliphatic carbocycles. The number of anilines is 1. The van der Waals surface area contributed by atoms with Crippen molar-refractivity contribution in [3.05, 3.63) is 28.8 Å². The lowest BCUT2D eigenvalue weighted by Crippen LogP contribution is -2.11. The molecule has 0 atom stereocenters. The fourth-order valence-electron chi connectivity index (χ4n) is 0.938. The van der Waals surface area contributed by atoms with Gasteiger partial charge in [-0.15, -0.1) is 0 Å². The number of hydrogen-bond donors (Lipinski definition) is 2. The average Bonchev–Trinajstić information content (AvgIpc) is 2.03. The molecule has 64 valence electrons. The van der Waals surface area contributed by atoms with E-state index in [1.165, 1.54) is 0 Å². The summed E-state index contributed by atoms with van der Waals surface area (Å²) in [5.41, 5.74) is 7.16. The zero-order valence-electron chi connectivity index (χ0n) is 6.60. The molecule has 0 fully saturated rings. The quantitative estimate of drug-likeness (QED) is 0.718. The van der Waals surface area contributed by atoms with Crippen LogP contribution in [0.4, 0.5) is 5.69 Å². The molecule has 1 aromatic carbocycles. The van der Waals surface area contributed by atoms with Crippen molar-refractivity contribution in [3.8, 4) is 0 Å². The van der Waals surface area contributed by atoms with E-state index in [9.17, 15) is 0 Å². The Morgan fingerprint density at radius 3 is 2.75 bits per heavy atom. The fraction of sp³-hybridized carbons (Fsp3) is 0.125. The summed E-state index contributed by atoms with van der Waals surface area (Å²) >= 11 is 10.6. The second-order valence-corrected chi connectivity index (χ2v) is 3.18. The SMILES string of the molecule is CNc1cc(Cl)ccc1C(N)=S. The van der Waals surface area contributed by atoms with Gasteiger partial charge >= 0.3 is 0 Å². The summed E-state index contributed by atoms with van der Waals surface area (Å²) < 4.78 is 0. The number of halogens is 1. The molecular weight excluding hydrogens is 192 g/mol. The average molecular weight is 201 g/mol. The predicted octanol–water partition coefficient (Wildman–Crippen LogP) is 2.02. The molecule has 0 aliphatic rings. The molecule has 12 heavy (non-hydrogen) atoms. The third kappa shape index (κ3) is 1.87. The van der Waals surface area contributed by atoms with Gasteiger partial charge in [-0.05, 0) is 18.2 Å². The Morgan fingerprint density at radius 1 is 1.58 bits per heavy atom. The highest BCUT2D eigenvalue weighted by atomic mass is 35.5. The second-order valence-electron chi connectivity index (χ2n) is 2.30. The number of thiocarbonyl (C=S) groups is 1. The molecule has 1 rings (SSSR count). The monoisotopic (exact) mass is 200 g/mol. The van der Waals surface area contributed by atoms with E-state index in [-0.39, 0.29) is 0 Å². The second kappa shape index (κ2) is 3.74. The van der Waals surface area contributed by atoms with Crippen molar-refractivity contribution in [1.82, 2.24) is 0 Å². The summed E-state index contributed by atoms with van der Waals surface area (Å²) in [5.74, 6) is 0. The van der Waals surface area contributed by atoms with E-state index in [4.69, 9.17) is 29.6 Å². The Bertz CT molecular complexity index is 312. The van der Waals surface area contributed by atoms with Crippen molar-refractivity contribution in [1.29, 1.82) is 0 Å². The highest BCUT2D eigenvalue weighted by Gasteiger charge is 2.03. The molecule has 0 radical (unpaired) electrons. The minimum absolute atomic E-state index is 0.371. The van der Waals surface area contributed by atoms with Crippen molar-refractivity contribution < 1.29 is 0 Å². The lowest BCUT2D eigenvalue weighted by Gasteiger charge is -2.07. The number of nitrogens with one attached hydrogen (secondary N) is 1. The van der Waals surface area contributed by atoms with Crippen LogP contribution < -0.4 is 11.1 Å². The van der Waals surface area contributed by atoms with Crippen LogP contribution in [0.3, 0.4) is 0 Å². The van der Waals surface area contributed by atoms with Gasteiger partial charge in [0.2, 0.25) is 0 Å². The first-order chi connectivity index (χ1) is 5.65. The molecule has 0 unspecified atom stereocenters. The Hall–Kier alpha value is -0.800. The molecule has 0 aliphatic heterocycles. The minimum atomic E-state index is 0.371. The molecule has 3 N–H and O–H groups in total. The molecule has 0 spiro atoms. The third-order valence-corrected chi connectivity index (χ3v) is 1.97. The first kappa shape index (κ1) is 9.29. The van der Waals surface area contributed by atoms with Gasteiger partial charge in [0.25, 0.3) is 0 Å². The van der Waals surface area contributed by atoms with Gasteiger partial charge in [0.1, 0.15) is 4.99 Å². The van der Waals surface area contributed by atoms with Crippen LogP contribution >= 0.6 is 23.8 Å². The summed E-state index contributed by atoms with van der Waals surface area (Å²) in [6.07, 6.45) is 0. The molecule has 0 saturated carbocycles. The molecule has 0 heterocycles. The zero-order chi connectivity index (χ0) is 9.14. The van der Waals surface area contributed by atoms with Gasteiger partial charge in [-0.2, -0.15) is 0 Å². The van der Waals surface area contributed by atoms with Crippen molar-refractivity contribution in [2.45, 2.75) is 0 Å². The molecule has 1 aromatic rings. The van der Waals surface area contributed by atoms with E-state index in [0.29, 0.717) is 10.0 Å².